The summed E-state index contributed by atoms with van der Waals surface area (Å²) >= 11 is 3.00. The highest BCUT2D eigenvalue weighted by atomic mass is 32.2. The molecule has 2 aromatic heterocycles. The zero-order valence-corrected chi connectivity index (χ0v) is 20.1. The van der Waals surface area contributed by atoms with Gasteiger partial charge in [0.25, 0.3) is 0 Å². The zero-order valence-electron chi connectivity index (χ0n) is 18.5. The van der Waals surface area contributed by atoms with Crippen LogP contribution in [0.4, 0.5) is 5.69 Å². The van der Waals surface area contributed by atoms with E-state index < -0.39 is 0 Å². The topological polar surface area (TPSA) is 64.1 Å². The third kappa shape index (κ3) is 4.95. The summed E-state index contributed by atoms with van der Waals surface area (Å²) in [6, 6.07) is 15.9. The second-order valence-corrected chi connectivity index (χ2v) is 10.2. The number of anilines is 1. The van der Waals surface area contributed by atoms with E-state index >= 15 is 0 Å². The number of ether oxygens (including phenoxy) is 1. The maximum atomic E-state index is 12.6. The first kappa shape index (κ1) is 22.3. The number of hydrogen-bond donors (Lipinski definition) is 1. The van der Waals surface area contributed by atoms with Crippen LogP contribution in [0.1, 0.15) is 26.3 Å². The predicted octanol–water partition coefficient (Wildman–Crippen LogP) is 6.40. The highest BCUT2D eigenvalue weighted by Gasteiger charge is 2.16. The molecule has 0 saturated carbocycles. The standard InChI is InChI=1S/C25H25N3O2S2/c1-25(2,3)17-7-9-18(10-8-17)28-21(29)14-32-24-22-20(13-31-23(22)26-15-27-24)16-5-11-19(30-4)12-6-16/h5-13,15H,14H2,1-4H3,(H,28,29). The highest BCUT2D eigenvalue weighted by molar-refractivity contribution is 8.00. The summed E-state index contributed by atoms with van der Waals surface area (Å²) in [7, 11) is 1.65. The van der Waals surface area contributed by atoms with E-state index in [1.54, 1.807) is 24.8 Å². The minimum absolute atomic E-state index is 0.0634. The van der Waals surface area contributed by atoms with Gasteiger partial charge in [0.15, 0.2) is 0 Å². The maximum Gasteiger partial charge on any atom is 0.234 e. The number of thioether (sulfide) groups is 1. The van der Waals surface area contributed by atoms with Gasteiger partial charge in [0.2, 0.25) is 5.91 Å². The van der Waals surface area contributed by atoms with Gasteiger partial charge in [0.05, 0.1) is 18.2 Å². The van der Waals surface area contributed by atoms with E-state index in [-0.39, 0.29) is 17.1 Å². The van der Waals surface area contributed by atoms with Gasteiger partial charge in [-0.15, -0.1) is 11.3 Å². The molecule has 0 aliphatic carbocycles. The number of carbonyl (C=O) groups is 1. The number of hydrogen-bond acceptors (Lipinski definition) is 6. The van der Waals surface area contributed by atoms with Crippen molar-refractivity contribution in [1.82, 2.24) is 9.97 Å². The van der Waals surface area contributed by atoms with Crippen LogP contribution in [-0.4, -0.2) is 28.7 Å². The molecule has 0 spiro atoms. The fraction of sp³-hybridized carbons (Fsp3) is 0.240. The van der Waals surface area contributed by atoms with E-state index in [1.165, 1.54) is 17.3 Å². The SMILES string of the molecule is COc1ccc(-c2csc3ncnc(SCC(=O)Nc4ccc(C(C)(C)C)cc4)c23)cc1. The summed E-state index contributed by atoms with van der Waals surface area (Å²) in [6.45, 7) is 6.51. The van der Waals surface area contributed by atoms with Crippen LogP contribution in [0.3, 0.4) is 0 Å². The van der Waals surface area contributed by atoms with Gasteiger partial charge in [0, 0.05) is 16.6 Å². The van der Waals surface area contributed by atoms with Crippen LogP contribution in [0.5, 0.6) is 5.75 Å². The van der Waals surface area contributed by atoms with Gasteiger partial charge in [-0.3, -0.25) is 4.79 Å². The molecular weight excluding hydrogens is 438 g/mol. The number of methoxy groups -OCH3 is 1. The van der Waals surface area contributed by atoms with Crippen LogP contribution >= 0.6 is 23.1 Å². The molecule has 7 heteroatoms. The van der Waals surface area contributed by atoms with Crippen molar-refractivity contribution < 1.29 is 9.53 Å². The fourth-order valence-electron chi connectivity index (χ4n) is 3.32. The zero-order chi connectivity index (χ0) is 22.7. The number of aromatic nitrogens is 2. The Balaban J connectivity index is 1.49. The molecule has 32 heavy (non-hydrogen) atoms. The lowest BCUT2D eigenvalue weighted by molar-refractivity contribution is -0.113. The van der Waals surface area contributed by atoms with Crippen LogP contribution in [0.15, 0.2) is 65.3 Å². The lowest BCUT2D eigenvalue weighted by Gasteiger charge is -2.19. The molecule has 4 rings (SSSR count). The molecule has 0 aliphatic rings. The first-order valence-electron chi connectivity index (χ1n) is 10.2. The number of rotatable bonds is 6. The number of amides is 1. The van der Waals surface area contributed by atoms with Crippen molar-refractivity contribution in [3.63, 3.8) is 0 Å². The fourth-order valence-corrected chi connectivity index (χ4v) is 5.12. The number of fused-ring (bicyclic) bond motifs is 1. The number of carbonyl (C=O) groups excluding carboxylic acids is 1. The number of nitrogens with zero attached hydrogens (tertiary/aromatic N) is 2. The summed E-state index contributed by atoms with van der Waals surface area (Å²) in [4.78, 5) is 22.4. The van der Waals surface area contributed by atoms with E-state index in [0.717, 1.165) is 37.8 Å². The Morgan fingerprint density at radius 3 is 2.44 bits per heavy atom. The molecule has 0 fully saturated rings. The van der Waals surface area contributed by atoms with Crippen LogP contribution in [0.25, 0.3) is 21.3 Å². The van der Waals surface area contributed by atoms with Gasteiger partial charge >= 0.3 is 0 Å². The molecule has 0 saturated heterocycles. The summed E-state index contributed by atoms with van der Waals surface area (Å²) in [6.07, 6.45) is 1.56. The van der Waals surface area contributed by atoms with Crippen molar-refractivity contribution in [2.75, 3.05) is 18.2 Å². The Morgan fingerprint density at radius 1 is 1.06 bits per heavy atom. The normalized spacial score (nSPS) is 11.5. The Hall–Kier alpha value is -2.90. The molecular formula is C25H25N3O2S2. The molecule has 0 atom stereocenters. The van der Waals surface area contributed by atoms with Crippen LogP contribution in [0, 0.1) is 0 Å². The molecule has 1 amide bonds. The van der Waals surface area contributed by atoms with Crippen molar-refractivity contribution in [2.24, 2.45) is 0 Å². The summed E-state index contributed by atoms with van der Waals surface area (Å²) in [5.74, 6) is 1.02. The average Bonchev–Trinajstić information content (AvgIpc) is 3.22. The molecule has 0 radical (unpaired) electrons. The van der Waals surface area contributed by atoms with Gasteiger partial charge in [-0.25, -0.2) is 9.97 Å². The molecule has 164 valence electrons. The van der Waals surface area contributed by atoms with Crippen molar-refractivity contribution in [1.29, 1.82) is 0 Å². The minimum atomic E-state index is -0.0634. The molecule has 0 unspecified atom stereocenters. The minimum Gasteiger partial charge on any atom is -0.497 e. The number of benzene rings is 2. The summed E-state index contributed by atoms with van der Waals surface area (Å²) in [5, 5.41) is 6.85. The first-order chi connectivity index (χ1) is 15.3. The summed E-state index contributed by atoms with van der Waals surface area (Å²) in [5.41, 5.74) is 4.24. The number of nitrogens with one attached hydrogen (secondary N) is 1. The van der Waals surface area contributed by atoms with Crippen LogP contribution < -0.4 is 10.1 Å². The van der Waals surface area contributed by atoms with Gasteiger partial charge in [-0.2, -0.15) is 0 Å². The first-order valence-corrected chi connectivity index (χ1v) is 12.1. The Kier molecular flexibility index (Phi) is 6.48. The monoisotopic (exact) mass is 463 g/mol. The van der Waals surface area contributed by atoms with E-state index in [0.29, 0.717) is 0 Å². The van der Waals surface area contributed by atoms with E-state index in [2.05, 4.69) is 53.6 Å². The quantitative estimate of drug-likeness (QED) is 0.265. The van der Waals surface area contributed by atoms with Crippen molar-refractivity contribution >= 4 is 44.9 Å². The van der Waals surface area contributed by atoms with Crippen LogP contribution in [0.2, 0.25) is 0 Å². The molecule has 1 N–H and O–H groups in total. The summed E-state index contributed by atoms with van der Waals surface area (Å²) < 4.78 is 5.26. The molecule has 2 heterocycles. The third-order valence-corrected chi connectivity index (χ3v) is 6.99. The van der Waals surface area contributed by atoms with E-state index in [9.17, 15) is 4.79 Å². The second kappa shape index (κ2) is 9.30. The molecule has 5 nitrogen and oxygen atoms in total. The Morgan fingerprint density at radius 2 is 1.78 bits per heavy atom. The lowest BCUT2D eigenvalue weighted by Crippen LogP contribution is -2.15. The van der Waals surface area contributed by atoms with Crippen LogP contribution in [-0.2, 0) is 10.2 Å². The average molecular weight is 464 g/mol. The molecule has 0 aliphatic heterocycles. The molecule has 4 aromatic rings. The molecule has 0 bridgehead atoms. The third-order valence-electron chi connectivity index (χ3n) is 5.11. The second-order valence-electron chi connectivity index (χ2n) is 8.40. The van der Waals surface area contributed by atoms with Crippen molar-refractivity contribution in [2.45, 2.75) is 31.2 Å². The van der Waals surface area contributed by atoms with Crippen molar-refractivity contribution in [3.8, 4) is 16.9 Å². The van der Waals surface area contributed by atoms with Crippen molar-refractivity contribution in [3.05, 3.63) is 65.8 Å². The van der Waals surface area contributed by atoms with E-state index in [1.807, 2.05) is 36.4 Å². The van der Waals surface area contributed by atoms with Gasteiger partial charge in [0.1, 0.15) is 21.9 Å². The van der Waals surface area contributed by atoms with Gasteiger partial charge in [-0.1, -0.05) is 56.8 Å². The smallest absolute Gasteiger partial charge is 0.234 e. The highest BCUT2D eigenvalue weighted by Crippen LogP contribution is 2.38. The van der Waals surface area contributed by atoms with E-state index in [4.69, 9.17) is 4.74 Å². The lowest BCUT2D eigenvalue weighted by atomic mass is 9.87. The Labute approximate surface area is 196 Å². The predicted molar refractivity (Wildman–Crippen MR) is 134 cm³/mol. The van der Waals surface area contributed by atoms with Gasteiger partial charge < -0.3 is 10.1 Å². The molecule has 2 aromatic carbocycles. The Bertz CT molecular complexity index is 1230. The largest absolute Gasteiger partial charge is 0.497 e. The van der Waals surface area contributed by atoms with Gasteiger partial charge in [-0.05, 0) is 40.8 Å². The maximum absolute atomic E-state index is 12.6. The number of thiophene rings is 1.